The van der Waals surface area contributed by atoms with E-state index in [1.807, 2.05) is 29.8 Å². The van der Waals surface area contributed by atoms with Crippen molar-refractivity contribution >= 4 is 39.6 Å². The molecule has 0 spiro atoms. The molecule has 2 fully saturated rings. The number of thiazole rings is 1. The Bertz CT molecular complexity index is 1370. The fraction of sp³-hybridized carbons (Fsp3) is 0.292. The summed E-state index contributed by atoms with van der Waals surface area (Å²) < 4.78 is 0. The molecule has 0 radical (unpaired) electrons. The lowest BCUT2D eigenvalue weighted by atomic mass is 10.1. The van der Waals surface area contributed by atoms with Crippen LogP contribution in [-0.2, 0) is 5.60 Å². The average molecular weight is 458 g/mol. The lowest BCUT2D eigenvalue weighted by Gasteiger charge is -2.31. The average Bonchev–Trinajstić information content (AvgIpc) is 3.62. The predicted octanol–water partition coefficient (Wildman–Crippen LogP) is 2.97. The van der Waals surface area contributed by atoms with Crippen LogP contribution in [-0.4, -0.2) is 50.2 Å². The number of nitrogens with zero attached hydrogens (tertiary/aromatic N) is 4. The molecule has 33 heavy (non-hydrogen) atoms. The first kappa shape index (κ1) is 20.2. The smallest absolute Gasteiger partial charge is 0.174 e. The summed E-state index contributed by atoms with van der Waals surface area (Å²) >= 11 is 1.39. The van der Waals surface area contributed by atoms with E-state index in [0.717, 1.165) is 53.3 Å². The molecule has 166 valence electrons. The van der Waals surface area contributed by atoms with Crippen molar-refractivity contribution in [1.82, 2.24) is 25.3 Å². The molecule has 4 aromatic rings. The van der Waals surface area contributed by atoms with Crippen molar-refractivity contribution in [3.63, 3.8) is 0 Å². The predicted molar refractivity (Wildman–Crippen MR) is 130 cm³/mol. The monoisotopic (exact) mass is 457 g/mol. The maximum Gasteiger partial charge on any atom is 0.174 e. The van der Waals surface area contributed by atoms with Crippen LogP contribution in [0, 0.1) is 11.8 Å². The fourth-order valence-electron chi connectivity index (χ4n) is 4.63. The first-order valence-electron chi connectivity index (χ1n) is 10.9. The van der Waals surface area contributed by atoms with E-state index in [4.69, 9.17) is 0 Å². The van der Waals surface area contributed by atoms with Gasteiger partial charge < -0.3 is 25.6 Å². The molecule has 0 amide bonds. The van der Waals surface area contributed by atoms with Crippen LogP contribution in [0.2, 0.25) is 0 Å². The van der Waals surface area contributed by atoms with Gasteiger partial charge in [0.15, 0.2) is 5.60 Å². The van der Waals surface area contributed by atoms with E-state index in [1.54, 1.807) is 19.4 Å². The van der Waals surface area contributed by atoms with Crippen LogP contribution in [0.3, 0.4) is 0 Å². The lowest BCUT2D eigenvalue weighted by Crippen LogP contribution is -2.43. The van der Waals surface area contributed by atoms with Crippen molar-refractivity contribution in [3.8, 4) is 11.8 Å². The summed E-state index contributed by atoms with van der Waals surface area (Å²) in [6.07, 6.45) is 6.25. The third kappa shape index (κ3) is 3.72. The maximum atomic E-state index is 10.8. The molecule has 0 aliphatic carbocycles. The van der Waals surface area contributed by atoms with Crippen LogP contribution in [0.15, 0.2) is 48.4 Å². The van der Waals surface area contributed by atoms with Crippen LogP contribution in [0.25, 0.3) is 11.0 Å². The second kappa shape index (κ2) is 7.85. The Morgan fingerprint density at radius 3 is 3.00 bits per heavy atom. The molecular formula is C24H23N7OS. The molecule has 8 nitrogen and oxygen atoms in total. The molecule has 9 heteroatoms. The van der Waals surface area contributed by atoms with Crippen molar-refractivity contribution in [2.45, 2.75) is 31.0 Å². The van der Waals surface area contributed by atoms with E-state index in [9.17, 15) is 5.11 Å². The third-order valence-electron chi connectivity index (χ3n) is 6.27. The van der Waals surface area contributed by atoms with E-state index in [-0.39, 0.29) is 0 Å². The number of rotatable bonds is 4. The Labute approximate surface area is 195 Å². The molecule has 2 aliphatic heterocycles. The Kier molecular flexibility index (Phi) is 4.80. The minimum absolute atomic E-state index is 0.482. The third-order valence-corrected chi connectivity index (χ3v) is 7.25. The van der Waals surface area contributed by atoms with E-state index in [0.29, 0.717) is 17.1 Å². The van der Waals surface area contributed by atoms with Gasteiger partial charge in [-0.05, 0) is 37.6 Å². The molecule has 0 saturated carbocycles. The number of hydrogen-bond acceptors (Lipinski definition) is 8. The fourth-order valence-corrected chi connectivity index (χ4v) is 5.28. The number of aromatic amines is 1. The maximum absolute atomic E-state index is 10.8. The van der Waals surface area contributed by atoms with E-state index >= 15 is 0 Å². The Hall–Kier alpha value is -3.45. The van der Waals surface area contributed by atoms with E-state index in [1.165, 1.54) is 11.3 Å². The number of fused-ring (bicyclic) bond motifs is 3. The molecule has 3 atom stereocenters. The van der Waals surface area contributed by atoms with Crippen molar-refractivity contribution in [2.24, 2.45) is 0 Å². The van der Waals surface area contributed by atoms with Crippen molar-refractivity contribution in [3.05, 3.63) is 58.9 Å². The molecule has 3 unspecified atom stereocenters. The molecule has 5 heterocycles. The van der Waals surface area contributed by atoms with Crippen molar-refractivity contribution in [1.29, 1.82) is 0 Å². The Morgan fingerprint density at radius 2 is 2.21 bits per heavy atom. The van der Waals surface area contributed by atoms with Gasteiger partial charge in [0.2, 0.25) is 0 Å². The van der Waals surface area contributed by atoms with Crippen LogP contribution in [0.1, 0.15) is 23.9 Å². The number of benzene rings is 1. The number of aliphatic hydroxyl groups is 1. The molecule has 2 bridgehead atoms. The van der Waals surface area contributed by atoms with Crippen LogP contribution >= 0.6 is 11.3 Å². The lowest BCUT2D eigenvalue weighted by molar-refractivity contribution is 0.122. The summed E-state index contributed by atoms with van der Waals surface area (Å²) in [6.45, 7) is 3.65. The van der Waals surface area contributed by atoms with Gasteiger partial charge in [0.05, 0.1) is 16.8 Å². The quantitative estimate of drug-likeness (QED) is 0.350. The van der Waals surface area contributed by atoms with Crippen LogP contribution < -0.4 is 15.5 Å². The first-order valence-corrected chi connectivity index (χ1v) is 11.8. The molecule has 4 N–H and O–H groups in total. The zero-order valence-corrected chi connectivity index (χ0v) is 18.9. The second-order valence-corrected chi connectivity index (χ2v) is 9.52. The number of aromatic nitrogens is 4. The van der Waals surface area contributed by atoms with Gasteiger partial charge in [-0.2, -0.15) is 0 Å². The molecule has 2 aliphatic rings. The first-order chi connectivity index (χ1) is 16.1. The van der Waals surface area contributed by atoms with Crippen LogP contribution in [0.5, 0.6) is 0 Å². The zero-order valence-electron chi connectivity index (χ0n) is 18.0. The minimum atomic E-state index is -1.30. The van der Waals surface area contributed by atoms with Gasteiger partial charge in [-0.25, -0.2) is 15.0 Å². The number of H-pyrrole nitrogens is 1. The van der Waals surface area contributed by atoms with Crippen molar-refractivity contribution in [2.75, 3.05) is 23.3 Å². The number of hydrogen-bond donors (Lipinski definition) is 4. The summed E-state index contributed by atoms with van der Waals surface area (Å²) in [5, 5.41) is 21.2. The molecular weight excluding hydrogens is 434 g/mol. The normalized spacial score (nSPS) is 21.1. The van der Waals surface area contributed by atoms with Gasteiger partial charge in [-0.3, -0.25) is 0 Å². The molecule has 2 saturated heterocycles. The van der Waals surface area contributed by atoms with E-state index < -0.39 is 5.60 Å². The standard InChI is InChI=1S/C24H23N7OS/c1-24(32,23-26-8-9-33-23)6-4-15-2-3-20(31-13-16-11-17(31)12-27-16)19(10-15)30-22-18-5-7-25-21(18)28-14-29-22/h2-3,5,7-10,14,16-17,27,32H,11-13H2,1H3,(H2,25,28,29,30). The van der Waals surface area contributed by atoms with Crippen molar-refractivity contribution < 1.29 is 5.11 Å². The van der Waals surface area contributed by atoms with Gasteiger partial charge in [0.25, 0.3) is 0 Å². The van der Waals surface area contributed by atoms with Gasteiger partial charge in [0, 0.05) is 48.5 Å². The Morgan fingerprint density at radius 1 is 1.27 bits per heavy atom. The van der Waals surface area contributed by atoms with Gasteiger partial charge in [-0.15, -0.1) is 11.3 Å². The minimum Gasteiger partial charge on any atom is -0.371 e. The van der Waals surface area contributed by atoms with Crippen LogP contribution in [0.4, 0.5) is 17.2 Å². The summed E-state index contributed by atoms with van der Waals surface area (Å²) in [6, 6.07) is 9.13. The van der Waals surface area contributed by atoms with Gasteiger partial charge >= 0.3 is 0 Å². The number of piperazine rings is 1. The number of anilines is 3. The summed E-state index contributed by atoms with van der Waals surface area (Å²) in [7, 11) is 0. The molecule has 1 aromatic carbocycles. The highest BCUT2D eigenvalue weighted by atomic mass is 32.1. The summed E-state index contributed by atoms with van der Waals surface area (Å²) in [4.78, 5) is 18.6. The highest BCUT2D eigenvalue weighted by Gasteiger charge is 2.38. The highest BCUT2D eigenvalue weighted by Crippen LogP contribution is 2.37. The number of nitrogens with one attached hydrogen (secondary N) is 3. The van der Waals surface area contributed by atoms with E-state index in [2.05, 4.69) is 53.4 Å². The van der Waals surface area contributed by atoms with Gasteiger partial charge in [-0.1, -0.05) is 11.8 Å². The Balaban J connectivity index is 1.39. The SMILES string of the molecule is CC(O)(C#Cc1ccc(N2CC3CC2CN3)c(Nc2ncnc3[nH]ccc23)c1)c1nccs1. The highest BCUT2D eigenvalue weighted by molar-refractivity contribution is 7.09. The topological polar surface area (TPSA) is 102 Å². The zero-order chi connectivity index (χ0) is 22.4. The largest absolute Gasteiger partial charge is 0.371 e. The summed E-state index contributed by atoms with van der Waals surface area (Å²) in [5.41, 5.74) is 2.35. The molecule has 6 rings (SSSR count). The molecule has 3 aromatic heterocycles. The van der Waals surface area contributed by atoms with Gasteiger partial charge in [0.1, 0.15) is 22.8 Å². The second-order valence-electron chi connectivity index (χ2n) is 8.63. The summed E-state index contributed by atoms with van der Waals surface area (Å²) in [5.74, 6) is 6.86.